The Balaban J connectivity index is 1.83. The van der Waals surface area contributed by atoms with Crippen LogP contribution in [0.3, 0.4) is 0 Å². The molecule has 2 N–H and O–H groups in total. The van der Waals surface area contributed by atoms with Crippen molar-refractivity contribution in [2.24, 2.45) is 5.92 Å². The first-order valence-corrected chi connectivity index (χ1v) is 8.45. The van der Waals surface area contributed by atoms with Gasteiger partial charge in [-0.05, 0) is 49.3 Å². The molecule has 0 spiro atoms. The molecule has 2 amide bonds. The molecule has 24 heavy (non-hydrogen) atoms. The zero-order valence-electron chi connectivity index (χ0n) is 14.4. The maximum Gasteiger partial charge on any atom is 0.317 e. The van der Waals surface area contributed by atoms with E-state index in [0.29, 0.717) is 12.5 Å². The smallest absolute Gasteiger partial charge is 0.317 e. The molecule has 0 heterocycles. The Kier molecular flexibility index (Phi) is 6.99. The Bertz CT molecular complexity index is 516. The van der Waals surface area contributed by atoms with Crippen molar-refractivity contribution in [1.29, 1.82) is 0 Å². The van der Waals surface area contributed by atoms with E-state index in [1.54, 1.807) is 31.2 Å². The maximum atomic E-state index is 13.0. The largest absolute Gasteiger partial charge is 0.396 e. The maximum absolute atomic E-state index is 13.0. The summed E-state index contributed by atoms with van der Waals surface area (Å²) in [5.74, 6) is 0.0740. The van der Waals surface area contributed by atoms with Gasteiger partial charge >= 0.3 is 6.03 Å². The number of nitrogens with one attached hydrogen (secondary N) is 1. The molecule has 2 rings (SSSR count). The molecule has 1 saturated carbocycles. The van der Waals surface area contributed by atoms with Crippen molar-refractivity contribution in [2.45, 2.75) is 37.8 Å². The Morgan fingerprint density at radius 1 is 1.33 bits per heavy atom. The van der Waals surface area contributed by atoms with Crippen LogP contribution in [-0.4, -0.2) is 49.4 Å². The second kappa shape index (κ2) is 8.99. The predicted molar refractivity (Wildman–Crippen MR) is 90.1 cm³/mol. The molecular weight excluding hydrogens is 311 g/mol. The van der Waals surface area contributed by atoms with Gasteiger partial charge in [0, 0.05) is 33.4 Å². The van der Waals surface area contributed by atoms with E-state index >= 15 is 0 Å². The quantitative estimate of drug-likeness (QED) is 0.838. The Morgan fingerprint density at radius 2 is 1.96 bits per heavy atom. The Labute approximate surface area is 142 Å². The van der Waals surface area contributed by atoms with E-state index in [2.05, 4.69) is 5.32 Å². The van der Waals surface area contributed by atoms with Crippen LogP contribution in [0.5, 0.6) is 0 Å². The molecule has 1 atom stereocenters. The first-order chi connectivity index (χ1) is 11.5. The monoisotopic (exact) mass is 338 g/mol. The van der Waals surface area contributed by atoms with Gasteiger partial charge in [-0.1, -0.05) is 12.1 Å². The lowest BCUT2D eigenvalue weighted by Gasteiger charge is -2.34. The first kappa shape index (κ1) is 18.7. The summed E-state index contributed by atoms with van der Waals surface area (Å²) >= 11 is 0. The number of methoxy groups -OCH3 is 1. The summed E-state index contributed by atoms with van der Waals surface area (Å²) in [7, 11) is 3.37. The molecule has 0 bridgehead atoms. The number of carbonyl (C=O) groups excluding carboxylic acids is 1. The number of amides is 2. The fourth-order valence-electron chi connectivity index (χ4n) is 3.20. The molecule has 1 fully saturated rings. The molecule has 134 valence electrons. The molecule has 1 aliphatic carbocycles. The van der Waals surface area contributed by atoms with Crippen molar-refractivity contribution in [3.8, 4) is 0 Å². The fraction of sp³-hybridized carbons (Fsp3) is 0.611. The number of urea groups is 1. The highest BCUT2D eigenvalue weighted by Gasteiger charge is 2.26. The number of aliphatic hydroxyl groups excluding tert-OH is 1. The number of aliphatic hydroxyl groups is 1. The number of benzene rings is 1. The topological polar surface area (TPSA) is 61.8 Å². The van der Waals surface area contributed by atoms with Crippen LogP contribution >= 0.6 is 0 Å². The van der Waals surface area contributed by atoms with E-state index in [-0.39, 0.29) is 30.6 Å². The average molecular weight is 338 g/mol. The van der Waals surface area contributed by atoms with Crippen molar-refractivity contribution >= 4 is 6.03 Å². The van der Waals surface area contributed by atoms with Crippen LogP contribution in [0.25, 0.3) is 0 Å². The molecule has 6 heteroatoms. The third-order valence-electron chi connectivity index (χ3n) is 4.91. The predicted octanol–water partition coefficient (Wildman–Crippen LogP) is 2.71. The number of ether oxygens (including phenoxy) is 1. The molecule has 0 aromatic heterocycles. The van der Waals surface area contributed by atoms with Crippen LogP contribution in [0, 0.1) is 11.7 Å². The summed E-state index contributed by atoms with van der Waals surface area (Å²) in [6, 6.07) is 6.17. The molecule has 0 unspecified atom stereocenters. The van der Waals surface area contributed by atoms with Gasteiger partial charge in [-0.15, -0.1) is 0 Å². The summed E-state index contributed by atoms with van der Waals surface area (Å²) in [4.78, 5) is 14.1. The minimum atomic E-state index is -0.312. The highest BCUT2D eigenvalue weighted by Crippen LogP contribution is 2.26. The van der Waals surface area contributed by atoms with E-state index in [1.807, 2.05) is 0 Å². The van der Waals surface area contributed by atoms with Gasteiger partial charge in [0.05, 0.1) is 6.10 Å². The summed E-state index contributed by atoms with van der Waals surface area (Å²) in [5.41, 5.74) is 0.824. The van der Waals surface area contributed by atoms with Gasteiger partial charge in [-0.25, -0.2) is 9.18 Å². The van der Waals surface area contributed by atoms with Crippen molar-refractivity contribution < 1.29 is 19.0 Å². The molecule has 1 aliphatic rings. The van der Waals surface area contributed by atoms with E-state index in [1.165, 1.54) is 12.1 Å². The number of carbonyl (C=O) groups is 1. The standard InChI is InChI=1S/C18H27FN2O3/c1-21(16-9-3-13(12-22)4-10-16)18(23)20-11-17(24-2)14-5-7-15(19)8-6-14/h5-8,13,16-17,22H,3-4,9-12H2,1-2H3,(H,20,23)/t13?,16?,17-/m0/s1. The van der Waals surface area contributed by atoms with Crippen LogP contribution in [0.1, 0.15) is 37.4 Å². The lowest BCUT2D eigenvalue weighted by atomic mass is 9.86. The minimum Gasteiger partial charge on any atom is -0.396 e. The van der Waals surface area contributed by atoms with Crippen LogP contribution in [0.2, 0.25) is 0 Å². The minimum absolute atomic E-state index is 0.133. The Hall–Kier alpha value is -1.66. The second-order valence-corrected chi connectivity index (χ2v) is 6.43. The van der Waals surface area contributed by atoms with Crippen LogP contribution in [-0.2, 0) is 4.74 Å². The SMILES string of the molecule is CO[C@@H](CNC(=O)N(C)C1CCC(CO)CC1)c1ccc(F)cc1. The van der Waals surface area contributed by atoms with Gasteiger partial charge in [0.2, 0.25) is 0 Å². The lowest BCUT2D eigenvalue weighted by molar-refractivity contribution is 0.0979. The molecule has 0 aliphatic heterocycles. The van der Waals surface area contributed by atoms with Crippen LogP contribution in [0.15, 0.2) is 24.3 Å². The second-order valence-electron chi connectivity index (χ2n) is 6.43. The zero-order valence-corrected chi connectivity index (χ0v) is 14.4. The number of halogens is 1. The molecular formula is C18H27FN2O3. The van der Waals surface area contributed by atoms with Gasteiger partial charge < -0.3 is 20.1 Å². The highest BCUT2D eigenvalue weighted by atomic mass is 19.1. The molecule has 0 radical (unpaired) electrons. The van der Waals surface area contributed by atoms with Crippen molar-refractivity contribution in [1.82, 2.24) is 10.2 Å². The molecule has 0 saturated heterocycles. The van der Waals surface area contributed by atoms with E-state index in [0.717, 1.165) is 31.2 Å². The van der Waals surface area contributed by atoms with Gasteiger partial charge in [0.1, 0.15) is 5.82 Å². The van der Waals surface area contributed by atoms with Gasteiger partial charge in [0.25, 0.3) is 0 Å². The average Bonchev–Trinajstić information content (AvgIpc) is 2.62. The fourth-order valence-corrected chi connectivity index (χ4v) is 3.20. The van der Waals surface area contributed by atoms with Crippen molar-refractivity contribution in [3.63, 3.8) is 0 Å². The van der Waals surface area contributed by atoms with Crippen LogP contribution in [0.4, 0.5) is 9.18 Å². The molecule has 5 nitrogen and oxygen atoms in total. The molecule has 1 aromatic rings. The van der Waals surface area contributed by atoms with Gasteiger partial charge in [-0.3, -0.25) is 0 Å². The van der Waals surface area contributed by atoms with Crippen LogP contribution < -0.4 is 5.32 Å². The Morgan fingerprint density at radius 3 is 2.50 bits per heavy atom. The van der Waals surface area contributed by atoms with Gasteiger partial charge in [0.15, 0.2) is 0 Å². The number of hydrogen-bond donors (Lipinski definition) is 2. The van der Waals surface area contributed by atoms with Crippen molar-refractivity contribution in [2.75, 3.05) is 27.3 Å². The zero-order chi connectivity index (χ0) is 17.5. The number of hydrogen-bond acceptors (Lipinski definition) is 3. The lowest BCUT2D eigenvalue weighted by Crippen LogP contribution is -2.46. The third-order valence-corrected chi connectivity index (χ3v) is 4.91. The normalized spacial score (nSPS) is 22.0. The summed E-state index contributed by atoms with van der Waals surface area (Å²) in [6.45, 7) is 0.563. The van der Waals surface area contributed by atoms with E-state index < -0.39 is 0 Å². The first-order valence-electron chi connectivity index (χ1n) is 8.45. The summed E-state index contributed by atoms with van der Waals surface area (Å²) < 4.78 is 18.4. The highest BCUT2D eigenvalue weighted by molar-refractivity contribution is 5.74. The van der Waals surface area contributed by atoms with E-state index in [9.17, 15) is 14.3 Å². The summed E-state index contributed by atoms with van der Waals surface area (Å²) in [5, 5.41) is 12.1. The number of nitrogens with zero attached hydrogens (tertiary/aromatic N) is 1. The van der Waals surface area contributed by atoms with E-state index in [4.69, 9.17) is 4.74 Å². The molecule has 1 aromatic carbocycles. The summed E-state index contributed by atoms with van der Waals surface area (Å²) in [6.07, 6.45) is 3.43. The van der Waals surface area contributed by atoms with Crippen molar-refractivity contribution in [3.05, 3.63) is 35.6 Å². The third kappa shape index (κ3) is 4.92. The number of rotatable bonds is 6. The van der Waals surface area contributed by atoms with Gasteiger partial charge in [-0.2, -0.15) is 0 Å².